The maximum absolute atomic E-state index is 13.0. The first-order chi connectivity index (χ1) is 11.8. The van der Waals surface area contributed by atoms with Crippen molar-refractivity contribution < 1.29 is 13.7 Å². The van der Waals surface area contributed by atoms with Crippen LogP contribution < -0.4 is 5.32 Å². The van der Waals surface area contributed by atoms with E-state index in [-0.39, 0.29) is 23.3 Å². The minimum atomic E-state index is -0.305. The van der Waals surface area contributed by atoms with E-state index >= 15 is 0 Å². The first-order valence-electron chi connectivity index (χ1n) is 8.48. The summed E-state index contributed by atoms with van der Waals surface area (Å²) in [6.07, 6.45) is 1.78. The van der Waals surface area contributed by atoms with Crippen molar-refractivity contribution in [3.8, 4) is 11.4 Å². The number of carbonyl (C=O) groups excluding carboxylic acids is 1. The molecule has 6 nitrogen and oxygen atoms in total. The van der Waals surface area contributed by atoms with E-state index in [1.165, 1.54) is 12.1 Å². The average Bonchev–Trinajstić information content (AvgIpc) is 3.04. The first kappa shape index (κ1) is 17.4. The van der Waals surface area contributed by atoms with Crippen LogP contribution in [0.1, 0.15) is 45.4 Å². The number of rotatable bonds is 2. The molecule has 1 aromatic carbocycles. The van der Waals surface area contributed by atoms with Gasteiger partial charge in [0.05, 0.1) is 5.92 Å². The van der Waals surface area contributed by atoms with Gasteiger partial charge in [-0.05, 0) is 57.9 Å². The molecule has 1 atom stereocenters. The van der Waals surface area contributed by atoms with Gasteiger partial charge < -0.3 is 14.7 Å². The molecule has 1 fully saturated rings. The summed E-state index contributed by atoms with van der Waals surface area (Å²) in [6.45, 7) is 7.14. The number of urea groups is 1. The average molecular weight is 346 g/mol. The Hall–Kier alpha value is -2.44. The summed E-state index contributed by atoms with van der Waals surface area (Å²) in [5.74, 6) is 0.667. The Morgan fingerprint density at radius 3 is 2.72 bits per heavy atom. The molecular weight excluding hydrogens is 323 g/mol. The Morgan fingerprint density at radius 1 is 1.32 bits per heavy atom. The molecule has 1 aliphatic rings. The molecule has 0 bridgehead atoms. The summed E-state index contributed by atoms with van der Waals surface area (Å²) in [4.78, 5) is 18.6. The highest BCUT2D eigenvalue weighted by molar-refractivity contribution is 5.75. The molecule has 1 unspecified atom stereocenters. The minimum absolute atomic E-state index is 0.0150. The summed E-state index contributed by atoms with van der Waals surface area (Å²) in [7, 11) is 0. The topological polar surface area (TPSA) is 71.3 Å². The second kappa shape index (κ2) is 6.82. The summed E-state index contributed by atoms with van der Waals surface area (Å²) in [5.41, 5.74) is 0.430. The zero-order valence-corrected chi connectivity index (χ0v) is 14.8. The van der Waals surface area contributed by atoms with Gasteiger partial charge in [-0.1, -0.05) is 5.16 Å². The molecular formula is C18H23FN4O2. The van der Waals surface area contributed by atoms with Crippen LogP contribution in [0.2, 0.25) is 0 Å². The van der Waals surface area contributed by atoms with Crippen LogP contribution in [0, 0.1) is 5.82 Å². The SMILES string of the molecule is CC(C)(C)NC(=O)N1CCCC(c2nc(-c3ccc(F)cc3)no2)C1. The van der Waals surface area contributed by atoms with Crippen molar-refractivity contribution in [1.29, 1.82) is 0 Å². The van der Waals surface area contributed by atoms with E-state index in [4.69, 9.17) is 4.52 Å². The molecule has 0 saturated carbocycles. The quantitative estimate of drug-likeness (QED) is 0.902. The first-order valence-corrected chi connectivity index (χ1v) is 8.48. The molecule has 0 spiro atoms. The summed E-state index contributed by atoms with van der Waals surface area (Å²) < 4.78 is 18.4. The third-order valence-electron chi connectivity index (χ3n) is 4.08. The van der Waals surface area contributed by atoms with Crippen LogP contribution in [-0.2, 0) is 0 Å². The fraction of sp³-hybridized carbons (Fsp3) is 0.500. The highest BCUT2D eigenvalue weighted by Crippen LogP contribution is 2.27. The van der Waals surface area contributed by atoms with E-state index in [9.17, 15) is 9.18 Å². The van der Waals surface area contributed by atoms with E-state index in [1.807, 2.05) is 20.8 Å². The number of aromatic nitrogens is 2. The van der Waals surface area contributed by atoms with Crippen molar-refractivity contribution in [2.75, 3.05) is 13.1 Å². The lowest BCUT2D eigenvalue weighted by Gasteiger charge is -2.33. The normalized spacial score (nSPS) is 18.2. The van der Waals surface area contributed by atoms with Crippen LogP contribution in [0.3, 0.4) is 0 Å². The van der Waals surface area contributed by atoms with Gasteiger partial charge in [0, 0.05) is 24.2 Å². The Kier molecular flexibility index (Phi) is 4.74. The number of halogens is 1. The smallest absolute Gasteiger partial charge is 0.317 e. The van der Waals surface area contributed by atoms with Crippen LogP contribution >= 0.6 is 0 Å². The highest BCUT2D eigenvalue weighted by Gasteiger charge is 2.30. The fourth-order valence-corrected chi connectivity index (χ4v) is 2.88. The van der Waals surface area contributed by atoms with Crippen molar-refractivity contribution in [3.05, 3.63) is 36.0 Å². The van der Waals surface area contributed by atoms with Crippen LogP contribution in [0.15, 0.2) is 28.8 Å². The van der Waals surface area contributed by atoms with Gasteiger partial charge in [-0.25, -0.2) is 9.18 Å². The van der Waals surface area contributed by atoms with E-state index in [0.29, 0.717) is 23.8 Å². The summed E-state index contributed by atoms with van der Waals surface area (Å²) in [6, 6.07) is 5.90. The molecule has 2 amide bonds. The second-order valence-corrected chi connectivity index (χ2v) is 7.43. The molecule has 0 radical (unpaired) electrons. The van der Waals surface area contributed by atoms with Gasteiger partial charge in [-0.2, -0.15) is 4.98 Å². The Labute approximate surface area is 146 Å². The van der Waals surface area contributed by atoms with Gasteiger partial charge in [0.25, 0.3) is 0 Å². The molecule has 134 valence electrons. The summed E-state index contributed by atoms with van der Waals surface area (Å²) >= 11 is 0. The number of likely N-dealkylation sites (tertiary alicyclic amines) is 1. The standard InChI is InChI=1S/C18H23FN4O2/c1-18(2,3)21-17(24)23-10-4-5-13(11-23)16-20-15(22-25-16)12-6-8-14(19)9-7-12/h6-9,13H,4-5,10-11H2,1-3H3,(H,21,24). The van der Waals surface area contributed by atoms with Crippen LogP contribution in [0.25, 0.3) is 11.4 Å². The van der Waals surface area contributed by atoms with Crippen molar-refractivity contribution in [2.24, 2.45) is 0 Å². The lowest BCUT2D eigenvalue weighted by molar-refractivity contribution is 0.164. The maximum Gasteiger partial charge on any atom is 0.317 e. The number of hydrogen-bond donors (Lipinski definition) is 1. The van der Waals surface area contributed by atoms with Gasteiger partial charge in [0.1, 0.15) is 5.82 Å². The van der Waals surface area contributed by atoms with Crippen LogP contribution in [0.4, 0.5) is 9.18 Å². The van der Waals surface area contributed by atoms with Crippen molar-refractivity contribution in [1.82, 2.24) is 20.4 Å². The number of benzene rings is 1. The number of nitrogens with one attached hydrogen (secondary N) is 1. The van der Waals surface area contributed by atoms with E-state index < -0.39 is 0 Å². The van der Waals surface area contributed by atoms with Crippen LogP contribution in [-0.4, -0.2) is 39.7 Å². The van der Waals surface area contributed by atoms with Gasteiger partial charge in [0.15, 0.2) is 0 Å². The molecule has 1 saturated heterocycles. The lowest BCUT2D eigenvalue weighted by atomic mass is 9.98. The minimum Gasteiger partial charge on any atom is -0.339 e. The van der Waals surface area contributed by atoms with Gasteiger partial charge in [-0.3, -0.25) is 0 Å². The van der Waals surface area contributed by atoms with Gasteiger partial charge >= 0.3 is 6.03 Å². The van der Waals surface area contributed by atoms with Crippen molar-refractivity contribution in [3.63, 3.8) is 0 Å². The molecule has 1 aliphatic heterocycles. The number of piperidine rings is 1. The third kappa shape index (κ3) is 4.35. The van der Waals surface area contributed by atoms with E-state index in [1.54, 1.807) is 17.0 Å². The predicted molar refractivity (Wildman–Crippen MR) is 91.5 cm³/mol. The Bertz CT molecular complexity index is 736. The molecule has 0 aliphatic carbocycles. The van der Waals surface area contributed by atoms with E-state index in [2.05, 4.69) is 15.5 Å². The number of carbonyl (C=O) groups is 1. The number of nitrogens with zero attached hydrogens (tertiary/aromatic N) is 3. The second-order valence-electron chi connectivity index (χ2n) is 7.43. The number of hydrogen-bond acceptors (Lipinski definition) is 4. The van der Waals surface area contributed by atoms with E-state index in [0.717, 1.165) is 19.4 Å². The fourth-order valence-electron chi connectivity index (χ4n) is 2.88. The zero-order chi connectivity index (χ0) is 18.0. The molecule has 3 rings (SSSR count). The molecule has 2 aromatic rings. The third-order valence-corrected chi connectivity index (χ3v) is 4.08. The number of amides is 2. The summed E-state index contributed by atoms with van der Waals surface area (Å²) in [5, 5.41) is 6.98. The monoisotopic (exact) mass is 346 g/mol. The Morgan fingerprint density at radius 2 is 2.04 bits per heavy atom. The maximum atomic E-state index is 13.0. The highest BCUT2D eigenvalue weighted by atomic mass is 19.1. The zero-order valence-electron chi connectivity index (χ0n) is 14.8. The lowest BCUT2D eigenvalue weighted by Crippen LogP contribution is -2.51. The van der Waals surface area contributed by atoms with Crippen LogP contribution in [0.5, 0.6) is 0 Å². The molecule has 1 aromatic heterocycles. The molecule has 1 N–H and O–H groups in total. The van der Waals surface area contributed by atoms with Gasteiger partial charge in [-0.15, -0.1) is 0 Å². The molecule has 7 heteroatoms. The predicted octanol–water partition coefficient (Wildman–Crippen LogP) is 3.56. The largest absolute Gasteiger partial charge is 0.339 e. The molecule has 25 heavy (non-hydrogen) atoms. The van der Waals surface area contributed by atoms with Crippen molar-refractivity contribution in [2.45, 2.75) is 45.1 Å². The molecule has 2 heterocycles. The van der Waals surface area contributed by atoms with Gasteiger partial charge in [0.2, 0.25) is 11.7 Å². The van der Waals surface area contributed by atoms with Crippen molar-refractivity contribution >= 4 is 6.03 Å². The Balaban J connectivity index is 1.70.